The van der Waals surface area contributed by atoms with Crippen molar-refractivity contribution in [3.05, 3.63) is 46.4 Å². The van der Waals surface area contributed by atoms with Gasteiger partial charge in [0, 0.05) is 30.0 Å². The van der Waals surface area contributed by atoms with Gasteiger partial charge in [0.1, 0.15) is 6.54 Å². The molecule has 0 N–H and O–H groups in total. The molecular weight excluding hydrogens is 318 g/mol. The molecule has 2 fully saturated rings. The first kappa shape index (κ1) is 16.1. The number of fused-ring (bicyclic) bond motifs is 2. The van der Waals surface area contributed by atoms with Crippen molar-refractivity contribution in [2.24, 2.45) is 0 Å². The van der Waals surface area contributed by atoms with Gasteiger partial charge in [-0.25, -0.2) is 4.98 Å². The lowest BCUT2D eigenvalue weighted by molar-refractivity contribution is -0.137. The maximum absolute atomic E-state index is 12.8. The summed E-state index contributed by atoms with van der Waals surface area (Å²) in [6.07, 6.45) is 9.38. The van der Waals surface area contributed by atoms with E-state index in [0.29, 0.717) is 11.7 Å². The Hall–Kier alpha value is -2.44. The molecule has 1 amide bonds. The molecule has 0 spiro atoms. The quantitative estimate of drug-likeness (QED) is 0.847. The van der Waals surface area contributed by atoms with Gasteiger partial charge in [-0.15, -0.1) is 0 Å². The molecule has 2 unspecified atom stereocenters. The number of amides is 1. The lowest BCUT2D eigenvalue weighted by atomic mass is 9.97. The first-order valence-electron chi connectivity index (χ1n) is 8.86. The second kappa shape index (κ2) is 6.13. The van der Waals surface area contributed by atoms with Crippen LogP contribution in [0.2, 0.25) is 0 Å². The van der Waals surface area contributed by atoms with E-state index < -0.39 is 0 Å². The third kappa shape index (κ3) is 2.99. The summed E-state index contributed by atoms with van der Waals surface area (Å²) < 4.78 is 3.45. The fourth-order valence-electron chi connectivity index (χ4n) is 4.27. The largest absolute Gasteiger partial charge is 0.335 e. The van der Waals surface area contributed by atoms with Crippen LogP contribution in [0.5, 0.6) is 0 Å². The van der Waals surface area contributed by atoms with Crippen LogP contribution in [0.4, 0.5) is 0 Å². The van der Waals surface area contributed by atoms with Gasteiger partial charge in [0.2, 0.25) is 5.91 Å². The Morgan fingerprint density at radius 3 is 2.52 bits per heavy atom. The van der Waals surface area contributed by atoms with Gasteiger partial charge in [0.15, 0.2) is 0 Å². The minimum atomic E-state index is -0.171. The number of carbonyl (C=O) groups is 1. The second-order valence-electron chi connectivity index (χ2n) is 7.31. The lowest BCUT2D eigenvalue weighted by Crippen LogP contribution is -2.48. The second-order valence-corrected chi connectivity index (χ2v) is 7.31. The zero-order chi connectivity index (χ0) is 17.6. The van der Waals surface area contributed by atoms with Crippen LogP contribution in [0.1, 0.15) is 43.0 Å². The monoisotopic (exact) mass is 341 g/mol. The molecule has 0 aliphatic carbocycles. The summed E-state index contributed by atoms with van der Waals surface area (Å²) in [5.74, 6) is 0.0235. The van der Waals surface area contributed by atoms with Gasteiger partial charge in [-0.3, -0.25) is 18.8 Å². The van der Waals surface area contributed by atoms with E-state index in [-0.39, 0.29) is 30.1 Å². The summed E-state index contributed by atoms with van der Waals surface area (Å²) in [6, 6.07) is 2.32. The molecule has 2 bridgehead atoms. The molecule has 4 rings (SSSR count). The van der Waals surface area contributed by atoms with E-state index in [9.17, 15) is 9.59 Å². The number of rotatable bonds is 3. The molecule has 0 radical (unpaired) electrons. The molecule has 2 saturated heterocycles. The molecule has 7 nitrogen and oxygen atoms in total. The molecule has 0 saturated carbocycles. The standard InChI is InChI=1S/C18H23N5O2/c1-12-8-20-22(9-12)16-6-14-3-4-15(7-16)23(14)18(25)10-21-11-19-13(2)5-17(21)24/h5,8-9,11,14-16H,3-4,6-7,10H2,1-2H3. The minimum absolute atomic E-state index is 0.0235. The van der Waals surface area contributed by atoms with Crippen molar-refractivity contribution in [2.75, 3.05) is 0 Å². The van der Waals surface area contributed by atoms with E-state index in [4.69, 9.17) is 0 Å². The molecule has 2 aliphatic rings. The van der Waals surface area contributed by atoms with Crippen LogP contribution >= 0.6 is 0 Å². The Bertz CT molecular complexity index is 841. The van der Waals surface area contributed by atoms with Crippen molar-refractivity contribution in [3.63, 3.8) is 0 Å². The number of hydrogen-bond donors (Lipinski definition) is 0. The van der Waals surface area contributed by atoms with Crippen molar-refractivity contribution in [1.82, 2.24) is 24.2 Å². The van der Waals surface area contributed by atoms with Gasteiger partial charge < -0.3 is 4.90 Å². The highest BCUT2D eigenvalue weighted by Gasteiger charge is 2.43. The summed E-state index contributed by atoms with van der Waals surface area (Å²) in [5.41, 5.74) is 1.66. The molecule has 0 aromatic carbocycles. The van der Waals surface area contributed by atoms with Crippen LogP contribution in [0, 0.1) is 13.8 Å². The molecule has 2 aromatic heterocycles. The number of aryl methyl sites for hydroxylation is 2. The smallest absolute Gasteiger partial charge is 0.253 e. The Labute approximate surface area is 146 Å². The predicted octanol–water partition coefficient (Wildman–Crippen LogP) is 1.45. The molecule has 2 aliphatic heterocycles. The Balaban J connectivity index is 1.49. The van der Waals surface area contributed by atoms with Gasteiger partial charge in [-0.1, -0.05) is 0 Å². The van der Waals surface area contributed by atoms with Crippen LogP contribution in [0.15, 0.2) is 29.6 Å². The lowest BCUT2D eigenvalue weighted by Gasteiger charge is -2.39. The number of carbonyl (C=O) groups excluding carboxylic acids is 1. The van der Waals surface area contributed by atoms with Crippen LogP contribution in [0.3, 0.4) is 0 Å². The van der Waals surface area contributed by atoms with E-state index in [1.807, 2.05) is 18.0 Å². The summed E-state index contributed by atoms with van der Waals surface area (Å²) in [6.45, 7) is 3.89. The van der Waals surface area contributed by atoms with Gasteiger partial charge in [-0.05, 0) is 45.1 Å². The van der Waals surface area contributed by atoms with Crippen molar-refractivity contribution in [1.29, 1.82) is 0 Å². The van der Waals surface area contributed by atoms with Crippen molar-refractivity contribution in [3.8, 4) is 0 Å². The highest BCUT2D eigenvalue weighted by atomic mass is 16.2. The first-order chi connectivity index (χ1) is 12.0. The van der Waals surface area contributed by atoms with Crippen LogP contribution < -0.4 is 5.56 Å². The Morgan fingerprint density at radius 1 is 1.20 bits per heavy atom. The van der Waals surface area contributed by atoms with Crippen molar-refractivity contribution in [2.45, 2.75) is 64.2 Å². The molecule has 2 atom stereocenters. The van der Waals surface area contributed by atoms with Crippen LogP contribution in [-0.2, 0) is 11.3 Å². The number of nitrogens with zero attached hydrogens (tertiary/aromatic N) is 5. The third-order valence-electron chi connectivity index (χ3n) is 5.42. The topological polar surface area (TPSA) is 73.0 Å². The van der Waals surface area contributed by atoms with Crippen LogP contribution in [0.25, 0.3) is 0 Å². The molecule has 25 heavy (non-hydrogen) atoms. The minimum Gasteiger partial charge on any atom is -0.335 e. The van der Waals surface area contributed by atoms with Gasteiger partial charge in [0.05, 0.1) is 18.6 Å². The number of aromatic nitrogens is 4. The van der Waals surface area contributed by atoms with Gasteiger partial charge in [-0.2, -0.15) is 5.10 Å². The normalized spacial score (nSPS) is 25.4. The zero-order valence-corrected chi connectivity index (χ0v) is 14.6. The third-order valence-corrected chi connectivity index (χ3v) is 5.42. The maximum Gasteiger partial charge on any atom is 0.253 e. The van der Waals surface area contributed by atoms with E-state index in [0.717, 1.165) is 31.2 Å². The highest BCUT2D eigenvalue weighted by molar-refractivity contribution is 5.77. The molecule has 2 aromatic rings. The Morgan fingerprint density at radius 2 is 1.92 bits per heavy atom. The van der Waals surface area contributed by atoms with E-state index in [1.54, 1.807) is 6.92 Å². The highest BCUT2D eigenvalue weighted by Crippen LogP contribution is 2.40. The van der Waals surface area contributed by atoms with E-state index >= 15 is 0 Å². The first-order valence-corrected chi connectivity index (χ1v) is 8.86. The Kier molecular flexibility index (Phi) is 3.94. The van der Waals surface area contributed by atoms with Crippen molar-refractivity contribution < 1.29 is 4.79 Å². The van der Waals surface area contributed by atoms with Crippen LogP contribution in [-0.4, -0.2) is 42.2 Å². The summed E-state index contributed by atoms with van der Waals surface area (Å²) in [7, 11) is 0. The summed E-state index contributed by atoms with van der Waals surface area (Å²) in [5, 5.41) is 4.45. The fraction of sp³-hybridized carbons (Fsp3) is 0.556. The predicted molar refractivity (Wildman–Crippen MR) is 92.1 cm³/mol. The van der Waals surface area contributed by atoms with Crippen molar-refractivity contribution >= 4 is 5.91 Å². The number of hydrogen-bond acceptors (Lipinski definition) is 4. The molecule has 4 heterocycles. The van der Waals surface area contributed by atoms with Gasteiger partial charge >= 0.3 is 0 Å². The van der Waals surface area contributed by atoms with Gasteiger partial charge in [0.25, 0.3) is 5.56 Å². The van der Waals surface area contributed by atoms with E-state index in [2.05, 4.69) is 21.0 Å². The maximum atomic E-state index is 12.8. The summed E-state index contributed by atoms with van der Waals surface area (Å²) >= 11 is 0. The average molecular weight is 341 g/mol. The SMILES string of the molecule is Cc1cnn(C2CC3CCC(C2)N3C(=O)Cn2cnc(C)cc2=O)c1. The molecular formula is C18H23N5O2. The summed E-state index contributed by atoms with van der Waals surface area (Å²) in [4.78, 5) is 31.0. The average Bonchev–Trinajstić information content (AvgIpc) is 3.11. The molecule has 7 heteroatoms. The zero-order valence-electron chi connectivity index (χ0n) is 14.6. The molecule has 132 valence electrons. The fourth-order valence-corrected chi connectivity index (χ4v) is 4.27. The van der Waals surface area contributed by atoms with E-state index in [1.165, 1.54) is 17.0 Å². The number of piperidine rings is 1.